The fourth-order valence-electron chi connectivity index (χ4n) is 2.34. The van der Waals surface area contributed by atoms with Gasteiger partial charge in [0.1, 0.15) is 0 Å². The van der Waals surface area contributed by atoms with Crippen LogP contribution in [0, 0.1) is 11.8 Å². The minimum Gasteiger partial charge on any atom is -0.352 e. The third-order valence-electron chi connectivity index (χ3n) is 3.61. The van der Waals surface area contributed by atoms with E-state index in [9.17, 15) is 4.79 Å². The number of nitrogens with one attached hydrogen (secondary N) is 1. The molecule has 3 N–H and O–H groups in total. The first kappa shape index (κ1) is 13.5. The average molecular weight is 226 g/mol. The van der Waals surface area contributed by atoms with E-state index < -0.39 is 0 Å². The number of hydrogen-bond acceptors (Lipinski definition) is 2. The quantitative estimate of drug-likeness (QED) is 0.721. The van der Waals surface area contributed by atoms with Gasteiger partial charge in [-0.2, -0.15) is 0 Å². The molecule has 1 rings (SSSR count). The zero-order chi connectivity index (χ0) is 12.0. The average Bonchev–Trinajstić information content (AvgIpc) is 2.53. The minimum atomic E-state index is 0.135. The van der Waals surface area contributed by atoms with E-state index in [2.05, 4.69) is 19.2 Å². The van der Waals surface area contributed by atoms with Crippen molar-refractivity contribution in [2.45, 2.75) is 58.4 Å². The predicted molar refractivity (Wildman–Crippen MR) is 67.0 cm³/mol. The topological polar surface area (TPSA) is 55.1 Å². The molecule has 1 unspecified atom stereocenters. The highest BCUT2D eigenvalue weighted by Crippen LogP contribution is 2.23. The second-order valence-corrected chi connectivity index (χ2v) is 5.28. The molecule has 0 bridgehead atoms. The Morgan fingerprint density at radius 1 is 1.25 bits per heavy atom. The maximum atomic E-state index is 12.1. The van der Waals surface area contributed by atoms with Crippen LogP contribution in [0.5, 0.6) is 0 Å². The number of carbonyl (C=O) groups excluding carboxylic acids is 1. The van der Waals surface area contributed by atoms with Crippen molar-refractivity contribution in [3.8, 4) is 0 Å². The van der Waals surface area contributed by atoms with Crippen LogP contribution < -0.4 is 11.1 Å². The Morgan fingerprint density at radius 3 is 2.25 bits per heavy atom. The van der Waals surface area contributed by atoms with Gasteiger partial charge in [0.2, 0.25) is 5.91 Å². The Balaban J connectivity index is 2.42. The van der Waals surface area contributed by atoms with E-state index in [-0.39, 0.29) is 17.9 Å². The summed E-state index contributed by atoms with van der Waals surface area (Å²) in [5.41, 5.74) is 5.67. The fraction of sp³-hybridized carbons (Fsp3) is 0.923. The first-order chi connectivity index (χ1) is 7.65. The summed E-state index contributed by atoms with van der Waals surface area (Å²) in [6.45, 7) is 4.74. The molecule has 16 heavy (non-hydrogen) atoms. The molecule has 0 radical (unpaired) electrons. The number of amides is 1. The van der Waals surface area contributed by atoms with Gasteiger partial charge in [0.25, 0.3) is 0 Å². The maximum Gasteiger partial charge on any atom is 0.223 e. The first-order valence-electron chi connectivity index (χ1n) is 6.65. The Hall–Kier alpha value is -0.570. The Kier molecular flexibility index (Phi) is 5.81. The summed E-state index contributed by atoms with van der Waals surface area (Å²) in [5, 5.41) is 3.10. The first-order valence-corrected chi connectivity index (χ1v) is 6.65. The zero-order valence-corrected chi connectivity index (χ0v) is 10.7. The van der Waals surface area contributed by atoms with E-state index in [1.807, 2.05) is 0 Å². The molecule has 1 amide bonds. The third-order valence-corrected chi connectivity index (χ3v) is 3.61. The zero-order valence-electron chi connectivity index (χ0n) is 10.7. The van der Waals surface area contributed by atoms with Crippen molar-refractivity contribution in [1.82, 2.24) is 5.32 Å². The summed E-state index contributed by atoms with van der Waals surface area (Å²) in [4.78, 5) is 12.1. The molecule has 0 aromatic carbocycles. The monoisotopic (exact) mass is 226 g/mol. The van der Waals surface area contributed by atoms with Crippen molar-refractivity contribution in [2.24, 2.45) is 17.6 Å². The van der Waals surface area contributed by atoms with Gasteiger partial charge in [0.15, 0.2) is 0 Å². The van der Waals surface area contributed by atoms with Crippen molar-refractivity contribution in [3.63, 3.8) is 0 Å². The van der Waals surface area contributed by atoms with Crippen LogP contribution in [0.3, 0.4) is 0 Å². The molecule has 94 valence electrons. The molecule has 3 heteroatoms. The lowest BCUT2D eigenvalue weighted by molar-refractivity contribution is -0.126. The van der Waals surface area contributed by atoms with Crippen molar-refractivity contribution < 1.29 is 4.79 Å². The van der Waals surface area contributed by atoms with Crippen LogP contribution in [0.2, 0.25) is 0 Å². The van der Waals surface area contributed by atoms with Crippen LogP contribution >= 0.6 is 0 Å². The SMILES string of the molecule is CC(C)C(CN)NC(=O)C1CCCCCC1. The molecule has 0 saturated heterocycles. The van der Waals surface area contributed by atoms with Crippen LogP contribution in [0.1, 0.15) is 52.4 Å². The molecule has 0 aromatic rings. The normalized spacial score (nSPS) is 20.5. The van der Waals surface area contributed by atoms with Crippen LogP contribution in [0.15, 0.2) is 0 Å². The van der Waals surface area contributed by atoms with Crippen molar-refractivity contribution in [3.05, 3.63) is 0 Å². The second kappa shape index (κ2) is 6.89. The predicted octanol–water partition coefficient (Wildman–Crippen LogP) is 2.06. The van der Waals surface area contributed by atoms with Gasteiger partial charge in [-0.3, -0.25) is 4.79 Å². The summed E-state index contributed by atoms with van der Waals surface area (Å²) in [6.07, 6.45) is 7.09. The second-order valence-electron chi connectivity index (χ2n) is 5.28. The molecule has 1 aliphatic carbocycles. The standard InChI is InChI=1S/C13H26N2O/c1-10(2)12(9-14)15-13(16)11-7-5-3-4-6-8-11/h10-12H,3-9,14H2,1-2H3,(H,15,16). The van der Waals surface area contributed by atoms with E-state index in [1.54, 1.807) is 0 Å². The molecular formula is C13H26N2O. The van der Waals surface area contributed by atoms with Crippen LogP contribution in [-0.2, 0) is 4.79 Å². The highest BCUT2D eigenvalue weighted by atomic mass is 16.1. The van der Waals surface area contributed by atoms with Gasteiger partial charge >= 0.3 is 0 Å². The molecule has 0 spiro atoms. The lowest BCUT2D eigenvalue weighted by Crippen LogP contribution is -2.46. The van der Waals surface area contributed by atoms with E-state index >= 15 is 0 Å². The molecule has 0 aromatic heterocycles. The van der Waals surface area contributed by atoms with Gasteiger partial charge in [-0.15, -0.1) is 0 Å². The number of rotatable bonds is 4. The highest BCUT2D eigenvalue weighted by Gasteiger charge is 2.23. The van der Waals surface area contributed by atoms with Gasteiger partial charge in [0.05, 0.1) is 0 Å². The van der Waals surface area contributed by atoms with E-state index in [0.29, 0.717) is 12.5 Å². The van der Waals surface area contributed by atoms with Gasteiger partial charge < -0.3 is 11.1 Å². The molecule has 0 heterocycles. The van der Waals surface area contributed by atoms with Crippen LogP contribution in [0.25, 0.3) is 0 Å². The summed E-state index contributed by atoms with van der Waals surface area (Å²) in [7, 11) is 0. The van der Waals surface area contributed by atoms with Gasteiger partial charge in [-0.25, -0.2) is 0 Å². The molecule has 3 nitrogen and oxygen atoms in total. The largest absolute Gasteiger partial charge is 0.352 e. The number of carbonyl (C=O) groups is 1. The van der Waals surface area contributed by atoms with Crippen LogP contribution in [-0.4, -0.2) is 18.5 Å². The van der Waals surface area contributed by atoms with Gasteiger partial charge in [-0.1, -0.05) is 39.5 Å². The molecule has 1 aliphatic rings. The Morgan fingerprint density at radius 2 is 1.81 bits per heavy atom. The minimum absolute atomic E-state index is 0.135. The van der Waals surface area contributed by atoms with E-state index in [4.69, 9.17) is 5.73 Å². The van der Waals surface area contributed by atoms with E-state index in [1.165, 1.54) is 25.7 Å². The summed E-state index contributed by atoms with van der Waals surface area (Å²) < 4.78 is 0. The van der Waals surface area contributed by atoms with Crippen molar-refractivity contribution in [1.29, 1.82) is 0 Å². The number of hydrogen-bond donors (Lipinski definition) is 2. The van der Waals surface area contributed by atoms with Crippen molar-refractivity contribution in [2.75, 3.05) is 6.54 Å². The highest BCUT2D eigenvalue weighted by molar-refractivity contribution is 5.79. The summed E-state index contributed by atoms with van der Waals surface area (Å²) in [5.74, 6) is 0.876. The van der Waals surface area contributed by atoms with Gasteiger partial charge in [0, 0.05) is 18.5 Å². The molecule has 1 atom stereocenters. The molecular weight excluding hydrogens is 200 g/mol. The Bertz CT molecular complexity index is 208. The molecule has 0 aliphatic heterocycles. The maximum absolute atomic E-state index is 12.1. The number of nitrogens with two attached hydrogens (primary N) is 1. The third kappa shape index (κ3) is 4.12. The summed E-state index contributed by atoms with van der Waals surface area (Å²) >= 11 is 0. The Labute approximate surface area is 99.2 Å². The smallest absolute Gasteiger partial charge is 0.223 e. The fourth-order valence-corrected chi connectivity index (χ4v) is 2.34. The summed E-state index contributed by atoms with van der Waals surface area (Å²) in [6, 6.07) is 0.135. The lowest BCUT2D eigenvalue weighted by atomic mass is 9.97. The van der Waals surface area contributed by atoms with Crippen molar-refractivity contribution >= 4 is 5.91 Å². The molecule has 1 saturated carbocycles. The lowest BCUT2D eigenvalue weighted by Gasteiger charge is -2.23. The van der Waals surface area contributed by atoms with E-state index in [0.717, 1.165) is 12.8 Å². The van der Waals surface area contributed by atoms with Crippen LogP contribution in [0.4, 0.5) is 0 Å². The molecule has 1 fully saturated rings. The van der Waals surface area contributed by atoms with Gasteiger partial charge in [-0.05, 0) is 18.8 Å².